The van der Waals surface area contributed by atoms with Gasteiger partial charge in [0, 0.05) is 41.3 Å². The number of benzene rings is 3. The van der Waals surface area contributed by atoms with Crippen LogP contribution in [0.3, 0.4) is 0 Å². The molecule has 1 heterocycles. The number of hydrogen-bond acceptors (Lipinski definition) is 1. The Kier molecular flexibility index (Phi) is 5.43. The van der Waals surface area contributed by atoms with Crippen molar-refractivity contribution in [1.29, 1.82) is 0 Å². The molecule has 1 aromatic heterocycles. The lowest BCUT2D eigenvalue weighted by molar-refractivity contribution is 0.0743. The Hall–Kier alpha value is -3.40. The second-order valence-electron chi connectivity index (χ2n) is 7.24. The van der Waals surface area contributed by atoms with E-state index in [1.165, 1.54) is 6.07 Å². The Morgan fingerprint density at radius 2 is 1.66 bits per heavy atom. The molecule has 0 aliphatic heterocycles. The first-order chi connectivity index (χ1) is 14.1. The molecule has 0 saturated carbocycles. The van der Waals surface area contributed by atoms with Gasteiger partial charge in [-0.1, -0.05) is 54.6 Å². The summed E-state index contributed by atoms with van der Waals surface area (Å²) in [5.41, 5.74) is 4.32. The number of H-pyrrole nitrogens is 1. The number of carbonyl (C=O) groups is 1. The summed E-state index contributed by atoms with van der Waals surface area (Å²) >= 11 is 0. The number of nitrogens with one attached hydrogen (secondary N) is 1. The van der Waals surface area contributed by atoms with Gasteiger partial charge in [0.1, 0.15) is 5.82 Å². The lowest BCUT2D eigenvalue weighted by Gasteiger charge is -2.24. The van der Waals surface area contributed by atoms with Crippen molar-refractivity contribution in [3.05, 3.63) is 107 Å². The predicted octanol–water partition coefficient (Wildman–Crippen LogP) is 5.50. The van der Waals surface area contributed by atoms with Gasteiger partial charge in [0.2, 0.25) is 0 Å². The summed E-state index contributed by atoms with van der Waals surface area (Å²) in [7, 11) is 0. The second kappa shape index (κ2) is 8.31. The molecule has 0 atom stereocenters. The number of carbonyl (C=O) groups excluding carboxylic acids is 1. The van der Waals surface area contributed by atoms with Gasteiger partial charge in [-0.15, -0.1) is 0 Å². The molecule has 3 aromatic carbocycles. The molecule has 29 heavy (non-hydrogen) atoms. The van der Waals surface area contributed by atoms with E-state index in [0.717, 1.165) is 22.0 Å². The highest BCUT2D eigenvalue weighted by molar-refractivity contribution is 5.95. The smallest absolute Gasteiger partial charge is 0.254 e. The molecule has 0 spiro atoms. The predicted molar refractivity (Wildman–Crippen MR) is 114 cm³/mol. The van der Waals surface area contributed by atoms with Gasteiger partial charge in [-0.25, -0.2) is 4.39 Å². The molecule has 1 amide bonds. The minimum atomic E-state index is -0.290. The third-order valence-corrected chi connectivity index (χ3v) is 5.31. The van der Waals surface area contributed by atoms with Crippen molar-refractivity contribution < 1.29 is 9.18 Å². The topological polar surface area (TPSA) is 36.1 Å². The van der Waals surface area contributed by atoms with Crippen LogP contribution in [0.2, 0.25) is 0 Å². The van der Waals surface area contributed by atoms with Gasteiger partial charge in [0.05, 0.1) is 0 Å². The molecular formula is C25H23FN2O. The molecule has 0 fully saturated rings. The van der Waals surface area contributed by atoms with Crippen molar-refractivity contribution in [2.24, 2.45) is 0 Å². The van der Waals surface area contributed by atoms with Gasteiger partial charge in [-0.3, -0.25) is 4.79 Å². The van der Waals surface area contributed by atoms with Crippen LogP contribution in [0, 0.1) is 12.7 Å². The maximum atomic E-state index is 14.3. The van der Waals surface area contributed by atoms with Gasteiger partial charge < -0.3 is 9.88 Å². The molecule has 0 radical (unpaired) electrons. The van der Waals surface area contributed by atoms with Crippen LogP contribution in [0.15, 0.2) is 79.0 Å². The molecular weight excluding hydrogens is 363 g/mol. The molecule has 0 bridgehead atoms. The van der Waals surface area contributed by atoms with E-state index in [1.807, 2.05) is 55.6 Å². The van der Waals surface area contributed by atoms with Crippen LogP contribution < -0.4 is 0 Å². The van der Waals surface area contributed by atoms with Gasteiger partial charge in [0.25, 0.3) is 5.91 Å². The van der Waals surface area contributed by atoms with Crippen molar-refractivity contribution >= 4 is 16.8 Å². The average Bonchev–Trinajstić information content (AvgIpc) is 3.15. The number of aryl methyl sites for hydroxylation is 1. The van der Waals surface area contributed by atoms with Crippen LogP contribution in [-0.2, 0) is 13.0 Å². The standard InChI is InChI=1S/C25H23FN2O/c1-18-8-2-4-10-21(18)25(29)28(17-20-9-3-6-12-23(20)26)15-14-19-16-27-24-13-7-5-11-22(19)24/h2-13,16,27H,14-15,17H2,1H3. The van der Waals surface area contributed by atoms with E-state index in [0.29, 0.717) is 24.1 Å². The highest BCUT2D eigenvalue weighted by Crippen LogP contribution is 2.20. The van der Waals surface area contributed by atoms with Crippen molar-refractivity contribution in [2.75, 3.05) is 6.54 Å². The Morgan fingerprint density at radius 1 is 0.931 bits per heavy atom. The van der Waals surface area contributed by atoms with Crippen LogP contribution in [0.25, 0.3) is 10.9 Å². The van der Waals surface area contributed by atoms with E-state index < -0.39 is 0 Å². The molecule has 0 unspecified atom stereocenters. The van der Waals surface area contributed by atoms with Gasteiger partial charge in [-0.05, 0) is 42.7 Å². The summed E-state index contributed by atoms with van der Waals surface area (Å²) in [5, 5.41) is 1.15. The lowest BCUT2D eigenvalue weighted by Crippen LogP contribution is -2.33. The Balaban J connectivity index is 1.61. The first-order valence-electron chi connectivity index (χ1n) is 9.77. The second-order valence-corrected chi connectivity index (χ2v) is 7.24. The van der Waals surface area contributed by atoms with Crippen molar-refractivity contribution in [3.8, 4) is 0 Å². The van der Waals surface area contributed by atoms with Gasteiger partial charge >= 0.3 is 0 Å². The molecule has 146 valence electrons. The Bertz CT molecular complexity index is 1150. The highest BCUT2D eigenvalue weighted by Gasteiger charge is 2.19. The third kappa shape index (κ3) is 4.06. The highest BCUT2D eigenvalue weighted by atomic mass is 19.1. The minimum absolute atomic E-state index is 0.0776. The van der Waals surface area contributed by atoms with Crippen LogP contribution in [0.4, 0.5) is 4.39 Å². The zero-order valence-electron chi connectivity index (χ0n) is 16.4. The van der Waals surface area contributed by atoms with E-state index in [9.17, 15) is 9.18 Å². The summed E-state index contributed by atoms with van der Waals surface area (Å²) in [4.78, 5) is 18.3. The Labute approximate surface area is 169 Å². The van der Waals surface area contributed by atoms with E-state index in [4.69, 9.17) is 0 Å². The first kappa shape index (κ1) is 18.9. The van der Waals surface area contributed by atoms with Crippen LogP contribution in [0.1, 0.15) is 27.0 Å². The number of aromatic nitrogens is 1. The monoisotopic (exact) mass is 386 g/mol. The number of aromatic amines is 1. The van der Waals surface area contributed by atoms with E-state index in [1.54, 1.807) is 23.1 Å². The van der Waals surface area contributed by atoms with Crippen molar-refractivity contribution in [3.63, 3.8) is 0 Å². The zero-order valence-corrected chi connectivity index (χ0v) is 16.4. The van der Waals surface area contributed by atoms with Crippen LogP contribution in [-0.4, -0.2) is 22.3 Å². The molecule has 0 aliphatic rings. The number of fused-ring (bicyclic) bond motifs is 1. The fourth-order valence-corrected chi connectivity index (χ4v) is 3.66. The van der Waals surface area contributed by atoms with Crippen molar-refractivity contribution in [2.45, 2.75) is 19.9 Å². The van der Waals surface area contributed by atoms with E-state index in [-0.39, 0.29) is 18.3 Å². The summed E-state index contributed by atoms with van der Waals surface area (Å²) in [5.74, 6) is -0.367. The summed E-state index contributed by atoms with van der Waals surface area (Å²) in [6.45, 7) is 2.67. The number of halogens is 1. The summed E-state index contributed by atoms with van der Waals surface area (Å²) in [6.07, 6.45) is 2.68. The van der Waals surface area contributed by atoms with Gasteiger partial charge in [-0.2, -0.15) is 0 Å². The molecule has 0 saturated heterocycles. The fourth-order valence-electron chi connectivity index (χ4n) is 3.66. The number of nitrogens with zero attached hydrogens (tertiary/aromatic N) is 1. The largest absolute Gasteiger partial charge is 0.361 e. The molecule has 0 aliphatic carbocycles. The maximum absolute atomic E-state index is 14.3. The van der Waals surface area contributed by atoms with Gasteiger partial charge in [0.15, 0.2) is 0 Å². The van der Waals surface area contributed by atoms with E-state index >= 15 is 0 Å². The first-order valence-corrected chi connectivity index (χ1v) is 9.77. The molecule has 4 heteroatoms. The number of amides is 1. The van der Waals surface area contributed by atoms with E-state index in [2.05, 4.69) is 11.1 Å². The normalized spacial score (nSPS) is 11.0. The maximum Gasteiger partial charge on any atom is 0.254 e. The lowest BCUT2D eigenvalue weighted by atomic mass is 10.1. The molecule has 1 N–H and O–H groups in total. The molecule has 4 rings (SSSR count). The minimum Gasteiger partial charge on any atom is -0.361 e. The van der Waals surface area contributed by atoms with Crippen LogP contribution >= 0.6 is 0 Å². The van der Waals surface area contributed by atoms with Crippen molar-refractivity contribution in [1.82, 2.24) is 9.88 Å². The van der Waals surface area contributed by atoms with Crippen LogP contribution in [0.5, 0.6) is 0 Å². The molecule has 3 nitrogen and oxygen atoms in total. The SMILES string of the molecule is Cc1ccccc1C(=O)N(CCc1c[nH]c2ccccc12)Cc1ccccc1F. The molecule has 4 aromatic rings. The number of hydrogen-bond donors (Lipinski definition) is 1. The average molecular weight is 386 g/mol. The summed E-state index contributed by atoms with van der Waals surface area (Å²) in [6, 6.07) is 22.3. The Morgan fingerprint density at radius 3 is 2.48 bits per heavy atom. The quantitative estimate of drug-likeness (QED) is 0.467. The third-order valence-electron chi connectivity index (χ3n) is 5.31. The fraction of sp³-hybridized carbons (Fsp3) is 0.160. The number of para-hydroxylation sites is 1. The summed E-state index contributed by atoms with van der Waals surface area (Å²) < 4.78 is 14.3. The number of rotatable bonds is 6. The zero-order chi connectivity index (χ0) is 20.2.